The van der Waals surface area contributed by atoms with Crippen LogP contribution in [0.3, 0.4) is 0 Å². The van der Waals surface area contributed by atoms with E-state index in [4.69, 9.17) is 4.52 Å². The molecule has 1 aromatic heterocycles. The molecule has 5 heteroatoms. The summed E-state index contributed by atoms with van der Waals surface area (Å²) in [5, 5.41) is 4.19. The molecule has 5 nitrogen and oxygen atoms in total. The quantitative estimate of drug-likeness (QED) is 0.853. The minimum Gasteiger partial charge on any atom is -0.361 e. The van der Waals surface area contributed by atoms with E-state index in [0.717, 1.165) is 43.3 Å². The van der Waals surface area contributed by atoms with Crippen molar-refractivity contribution >= 4 is 5.91 Å². The molecule has 3 aliphatic rings. The van der Waals surface area contributed by atoms with E-state index in [9.17, 15) is 4.79 Å². The average molecular weight is 331 g/mol. The van der Waals surface area contributed by atoms with Crippen LogP contribution in [-0.4, -0.2) is 46.5 Å². The fourth-order valence-electron chi connectivity index (χ4n) is 5.09. The highest BCUT2D eigenvalue weighted by Gasteiger charge is 2.37. The van der Waals surface area contributed by atoms with E-state index in [1.807, 2.05) is 13.0 Å². The van der Waals surface area contributed by atoms with Gasteiger partial charge in [0, 0.05) is 18.7 Å². The van der Waals surface area contributed by atoms with Crippen molar-refractivity contribution in [3.8, 4) is 0 Å². The maximum absolute atomic E-state index is 13.0. The number of amides is 1. The number of fused-ring (bicyclic) bond motifs is 1. The first kappa shape index (κ1) is 16.1. The number of nitrogens with zero attached hydrogens (tertiary/aromatic N) is 3. The summed E-state index contributed by atoms with van der Waals surface area (Å²) in [5.74, 6) is 1.94. The van der Waals surface area contributed by atoms with Gasteiger partial charge in [0.1, 0.15) is 11.5 Å². The van der Waals surface area contributed by atoms with Gasteiger partial charge in [-0.2, -0.15) is 0 Å². The van der Waals surface area contributed by atoms with Crippen LogP contribution in [0.15, 0.2) is 10.6 Å². The smallest absolute Gasteiger partial charge is 0.237 e. The summed E-state index contributed by atoms with van der Waals surface area (Å²) in [7, 11) is 0. The average Bonchev–Trinajstić information content (AvgIpc) is 3.23. The lowest BCUT2D eigenvalue weighted by Crippen LogP contribution is -2.52. The molecule has 1 amide bonds. The first-order valence-electron chi connectivity index (χ1n) is 9.69. The Balaban J connectivity index is 1.43. The third-order valence-corrected chi connectivity index (χ3v) is 6.25. The Hall–Kier alpha value is -1.36. The molecule has 1 saturated carbocycles. The maximum atomic E-state index is 13.0. The number of carbonyl (C=O) groups excluding carboxylic acids is 1. The summed E-state index contributed by atoms with van der Waals surface area (Å²) < 4.78 is 5.25. The van der Waals surface area contributed by atoms with Gasteiger partial charge in [-0.3, -0.25) is 9.69 Å². The fraction of sp³-hybridized carbons (Fsp3) is 0.789. The van der Waals surface area contributed by atoms with Gasteiger partial charge in [0.25, 0.3) is 0 Å². The van der Waals surface area contributed by atoms with Gasteiger partial charge in [0.05, 0.1) is 12.6 Å². The second-order valence-corrected chi connectivity index (χ2v) is 7.83. The van der Waals surface area contributed by atoms with Crippen LogP contribution < -0.4 is 0 Å². The molecule has 4 rings (SSSR count). The predicted molar refractivity (Wildman–Crippen MR) is 91.5 cm³/mol. The zero-order valence-electron chi connectivity index (χ0n) is 14.7. The molecule has 1 aliphatic carbocycles. The topological polar surface area (TPSA) is 49.6 Å². The van der Waals surface area contributed by atoms with E-state index in [-0.39, 0.29) is 6.04 Å². The number of likely N-dealkylation sites (tertiary alicyclic amines) is 2. The summed E-state index contributed by atoms with van der Waals surface area (Å²) in [4.78, 5) is 17.6. The summed E-state index contributed by atoms with van der Waals surface area (Å²) in [6.07, 6.45) is 9.87. The first-order chi connectivity index (χ1) is 11.7. The molecule has 3 heterocycles. The number of aromatic nitrogens is 1. The molecule has 3 unspecified atom stereocenters. The molecule has 2 aliphatic heterocycles. The van der Waals surface area contributed by atoms with Gasteiger partial charge in [-0.1, -0.05) is 18.0 Å². The summed E-state index contributed by atoms with van der Waals surface area (Å²) in [6, 6.07) is 2.78. The number of hydrogen-bond acceptors (Lipinski definition) is 4. The number of rotatable bonds is 3. The Morgan fingerprint density at radius 3 is 2.79 bits per heavy atom. The summed E-state index contributed by atoms with van der Waals surface area (Å²) >= 11 is 0. The van der Waals surface area contributed by atoms with E-state index >= 15 is 0 Å². The van der Waals surface area contributed by atoms with Gasteiger partial charge in [0.2, 0.25) is 5.91 Å². The van der Waals surface area contributed by atoms with Crippen LogP contribution in [0.25, 0.3) is 0 Å². The normalized spacial score (nSPS) is 31.2. The van der Waals surface area contributed by atoms with Crippen molar-refractivity contribution < 1.29 is 9.32 Å². The Morgan fingerprint density at radius 2 is 1.96 bits per heavy atom. The molecule has 0 bridgehead atoms. The summed E-state index contributed by atoms with van der Waals surface area (Å²) in [6.45, 7) is 4.42. The lowest BCUT2D eigenvalue weighted by Gasteiger charge is -2.44. The van der Waals surface area contributed by atoms with Crippen LogP contribution in [0.5, 0.6) is 0 Å². The Kier molecular flexibility index (Phi) is 4.61. The number of carbonyl (C=O) groups is 1. The van der Waals surface area contributed by atoms with Gasteiger partial charge in [-0.15, -0.1) is 0 Å². The van der Waals surface area contributed by atoms with Gasteiger partial charge >= 0.3 is 0 Å². The third-order valence-electron chi connectivity index (χ3n) is 6.25. The van der Waals surface area contributed by atoms with Gasteiger partial charge in [-0.25, -0.2) is 0 Å². The predicted octanol–water partition coefficient (Wildman–Crippen LogP) is 3.30. The number of piperidine rings is 1. The van der Waals surface area contributed by atoms with Crippen molar-refractivity contribution in [3.63, 3.8) is 0 Å². The van der Waals surface area contributed by atoms with Gasteiger partial charge < -0.3 is 9.42 Å². The van der Waals surface area contributed by atoms with Crippen LogP contribution >= 0.6 is 0 Å². The molecule has 2 saturated heterocycles. The molecule has 0 aromatic carbocycles. The molecule has 132 valence electrons. The van der Waals surface area contributed by atoms with E-state index in [2.05, 4.69) is 15.0 Å². The van der Waals surface area contributed by atoms with Crippen LogP contribution in [-0.2, 0) is 4.79 Å². The third kappa shape index (κ3) is 3.10. The SMILES string of the molecule is Cc1cc(C2CCCN2CC(=O)N2CCCC3CCCCC32)no1. The molecular weight excluding hydrogens is 302 g/mol. The standard InChI is InChI=1S/C19H29N3O2/c1-14-12-16(20-24-14)18-9-5-10-21(18)13-19(23)22-11-4-7-15-6-2-3-8-17(15)22/h12,15,17-18H,2-11,13H2,1H3. The monoisotopic (exact) mass is 331 g/mol. The minimum atomic E-state index is 0.248. The molecular formula is C19H29N3O2. The van der Waals surface area contributed by atoms with Crippen LogP contribution in [0.1, 0.15) is 68.9 Å². The number of hydrogen-bond donors (Lipinski definition) is 0. The van der Waals surface area contributed by atoms with Crippen LogP contribution in [0, 0.1) is 12.8 Å². The highest BCUT2D eigenvalue weighted by Crippen LogP contribution is 2.36. The molecule has 3 fully saturated rings. The molecule has 0 spiro atoms. The molecule has 3 atom stereocenters. The fourth-order valence-corrected chi connectivity index (χ4v) is 5.09. The van der Waals surface area contributed by atoms with Gasteiger partial charge in [-0.05, 0) is 57.9 Å². The Labute approximate surface area is 144 Å². The lowest BCUT2D eigenvalue weighted by molar-refractivity contribution is -0.139. The summed E-state index contributed by atoms with van der Waals surface area (Å²) in [5.41, 5.74) is 0.993. The lowest BCUT2D eigenvalue weighted by atomic mass is 9.78. The van der Waals surface area contributed by atoms with Crippen molar-refractivity contribution in [2.75, 3.05) is 19.6 Å². The van der Waals surface area contributed by atoms with Crippen molar-refractivity contribution in [2.24, 2.45) is 5.92 Å². The molecule has 0 N–H and O–H groups in total. The first-order valence-corrected chi connectivity index (χ1v) is 9.69. The van der Waals surface area contributed by atoms with Crippen molar-refractivity contribution in [1.82, 2.24) is 15.0 Å². The second-order valence-electron chi connectivity index (χ2n) is 7.83. The van der Waals surface area contributed by atoms with Gasteiger partial charge in [0.15, 0.2) is 0 Å². The van der Waals surface area contributed by atoms with E-state index in [1.165, 1.54) is 38.5 Å². The van der Waals surface area contributed by atoms with Crippen molar-refractivity contribution in [2.45, 2.75) is 70.4 Å². The maximum Gasteiger partial charge on any atom is 0.237 e. The molecule has 1 aromatic rings. The molecule has 0 radical (unpaired) electrons. The van der Waals surface area contributed by atoms with Crippen LogP contribution in [0.2, 0.25) is 0 Å². The van der Waals surface area contributed by atoms with Crippen molar-refractivity contribution in [1.29, 1.82) is 0 Å². The minimum absolute atomic E-state index is 0.248. The zero-order chi connectivity index (χ0) is 16.5. The molecule has 24 heavy (non-hydrogen) atoms. The van der Waals surface area contributed by atoms with E-state index < -0.39 is 0 Å². The highest BCUT2D eigenvalue weighted by atomic mass is 16.5. The Morgan fingerprint density at radius 1 is 1.17 bits per heavy atom. The second kappa shape index (κ2) is 6.87. The van der Waals surface area contributed by atoms with E-state index in [0.29, 0.717) is 18.5 Å². The van der Waals surface area contributed by atoms with E-state index in [1.54, 1.807) is 0 Å². The Bertz CT molecular complexity index is 583. The number of aryl methyl sites for hydroxylation is 1. The zero-order valence-corrected chi connectivity index (χ0v) is 14.7. The highest BCUT2D eigenvalue weighted by molar-refractivity contribution is 5.79. The largest absolute Gasteiger partial charge is 0.361 e. The van der Waals surface area contributed by atoms with Crippen molar-refractivity contribution in [3.05, 3.63) is 17.5 Å². The van der Waals surface area contributed by atoms with Crippen LogP contribution in [0.4, 0.5) is 0 Å².